The standard InChI is InChI=1S/C17H32N4O3S/c1-3-18-17(19-10-6-12-25(2,23)24)20-15-9-11-21(13-15)16(22)14-7-4-5-8-14/h14-15H,3-13H2,1-2H3,(H2,18,19,20). The summed E-state index contributed by atoms with van der Waals surface area (Å²) in [5, 5.41) is 6.58. The lowest BCUT2D eigenvalue weighted by molar-refractivity contribution is -0.134. The highest BCUT2D eigenvalue weighted by Gasteiger charge is 2.32. The second-order valence-corrected chi connectivity index (χ2v) is 9.40. The minimum absolute atomic E-state index is 0.156. The average molecular weight is 373 g/mol. The number of hydrogen-bond donors (Lipinski definition) is 2. The summed E-state index contributed by atoms with van der Waals surface area (Å²) in [5.74, 6) is 1.41. The van der Waals surface area contributed by atoms with E-state index < -0.39 is 9.84 Å². The van der Waals surface area contributed by atoms with Crippen molar-refractivity contribution in [2.75, 3.05) is 38.2 Å². The Morgan fingerprint density at radius 1 is 1.24 bits per heavy atom. The number of carbonyl (C=O) groups excluding carboxylic acids is 1. The summed E-state index contributed by atoms with van der Waals surface area (Å²) in [7, 11) is -2.94. The summed E-state index contributed by atoms with van der Waals surface area (Å²) >= 11 is 0. The first-order valence-corrected chi connectivity index (χ1v) is 11.5. The molecule has 1 unspecified atom stereocenters. The summed E-state index contributed by atoms with van der Waals surface area (Å²) < 4.78 is 22.3. The van der Waals surface area contributed by atoms with E-state index in [1.54, 1.807) is 0 Å². The Bertz CT molecular complexity index is 570. The summed E-state index contributed by atoms with van der Waals surface area (Å²) in [6.07, 6.45) is 7.12. The molecular weight excluding hydrogens is 340 g/mol. The predicted octanol–water partition coefficient (Wildman–Crippen LogP) is 0.767. The number of sulfone groups is 1. The topological polar surface area (TPSA) is 90.9 Å². The van der Waals surface area contributed by atoms with Gasteiger partial charge in [0.05, 0.1) is 5.75 Å². The Labute approximate surface area is 151 Å². The number of amides is 1. The van der Waals surface area contributed by atoms with Gasteiger partial charge in [0.15, 0.2) is 5.96 Å². The van der Waals surface area contributed by atoms with Gasteiger partial charge in [0.25, 0.3) is 0 Å². The Kier molecular flexibility index (Phi) is 7.53. The number of nitrogens with zero attached hydrogens (tertiary/aromatic N) is 2. The largest absolute Gasteiger partial charge is 0.357 e. The smallest absolute Gasteiger partial charge is 0.225 e. The lowest BCUT2D eigenvalue weighted by atomic mass is 10.1. The molecule has 0 bridgehead atoms. The van der Waals surface area contributed by atoms with Crippen LogP contribution in [-0.2, 0) is 14.6 Å². The summed E-state index contributed by atoms with van der Waals surface area (Å²) in [5.41, 5.74) is 0. The van der Waals surface area contributed by atoms with E-state index in [9.17, 15) is 13.2 Å². The van der Waals surface area contributed by atoms with E-state index in [0.29, 0.717) is 24.8 Å². The molecule has 2 fully saturated rings. The molecule has 8 heteroatoms. The molecule has 0 aromatic carbocycles. The zero-order chi connectivity index (χ0) is 18.3. The molecule has 1 atom stereocenters. The Hall–Kier alpha value is -1.31. The van der Waals surface area contributed by atoms with Crippen LogP contribution in [0.4, 0.5) is 0 Å². The minimum Gasteiger partial charge on any atom is -0.357 e. The third-order valence-corrected chi connectivity index (χ3v) is 5.86. The first-order chi connectivity index (χ1) is 11.9. The molecule has 1 saturated heterocycles. The molecule has 2 aliphatic rings. The van der Waals surface area contributed by atoms with E-state index in [4.69, 9.17) is 0 Å². The van der Waals surface area contributed by atoms with Crippen molar-refractivity contribution in [1.82, 2.24) is 15.5 Å². The van der Waals surface area contributed by atoms with Crippen LogP contribution in [0.25, 0.3) is 0 Å². The van der Waals surface area contributed by atoms with Crippen LogP contribution in [0.15, 0.2) is 4.99 Å². The summed E-state index contributed by atoms with van der Waals surface area (Å²) in [4.78, 5) is 18.9. The van der Waals surface area contributed by atoms with Crippen molar-refractivity contribution in [2.24, 2.45) is 10.9 Å². The molecule has 1 saturated carbocycles. The number of hydrogen-bond acceptors (Lipinski definition) is 4. The van der Waals surface area contributed by atoms with Gasteiger partial charge in [0, 0.05) is 44.4 Å². The monoisotopic (exact) mass is 372 g/mol. The number of likely N-dealkylation sites (tertiary alicyclic amines) is 1. The van der Waals surface area contributed by atoms with Crippen LogP contribution in [0.2, 0.25) is 0 Å². The van der Waals surface area contributed by atoms with Gasteiger partial charge in [-0.05, 0) is 32.6 Å². The van der Waals surface area contributed by atoms with Gasteiger partial charge in [0.2, 0.25) is 5.91 Å². The van der Waals surface area contributed by atoms with Crippen molar-refractivity contribution < 1.29 is 13.2 Å². The molecular formula is C17H32N4O3S. The fourth-order valence-electron chi connectivity index (χ4n) is 3.54. The van der Waals surface area contributed by atoms with Gasteiger partial charge >= 0.3 is 0 Å². The molecule has 2 rings (SSSR count). The van der Waals surface area contributed by atoms with Crippen LogP contribution in [0.5, 0.6) is 0 Å². The normalized spacial score (nSPS) is 22.4. The van der Waals surface area contributed by atoms with Crippen LogP contribution in [0, 0.1) is 5.92 Å². The minimum atomic E-state index is -2.94. The highest BCUT2D eigenvalue weighted by molar-refractivity contribution is 7.90. The number of aliphatic imine (C=N–C) groups is 1. The molecule has 7 nitrogen and oxygen atoms in total. The molecule has 0 radical (unpaired) electrons. The molecule has 1 amide bonds. The van der Waals surface area contributed by atoms with Gasteiger partial charge in [-0.25, -0.2) is 8.42 Å². The molecule has 1 aliphatic carbocycles. The first kappa shape index (κ1) is 20.0. The van der Waals surface area contributed by atoms with E-state index in [0.717, 1.165) is 38.9 Å². The van der Waals surface area contributed by atoms with Crippen molar-refractivity contribution in [3.05, 3.63) is 0 Å². The van der Waals surface area contributed by atoms with E-state index in [-0.39, 0.29) is 17.7 Å². The fraction of sp³-hybridized carbons (Fsp3) is 0.882. The maximum Gasteiger partial charge on any atom is 0.225 e. The molecule has 0 aromatic heterocycles. The van der Waals surface area contributed by atoms with Gasteiger partial charge in [-0.2, -0.15) is 0 Å². The zero-order valence-corrected chi connectivity index (χ0v) is 16.3. The maximum absolute atomic E-state index is 12.5. The summed E-state index contributed by atoms with van der Waals surface area (Å²) in [6.45, 7) is 4.75. The number of guanidine groups is 1. The quantitative estimate of drug-likeness (QED) is 0.391. The van der Waals surface area contributed by atoms with Crippen LogP contribution in [-0.4, -0.2) is 69.4 Å². The predicted molar refractivity (Wildman–Crippen MR) is 100 cm³/mol. The Morgan fingerprint density at radius 3 is 2.60 bits per heavy atom. The average Bonchev–Trinajstić information content (AvgIpc) is 3.21. The Morgan fingerprint density at radius 2 is 1.96 bits per heavy atom. The second kappa shape index (κ2) is 9.40. The number of rotatable bonds is 7. The molecule has 1 aliphatic heterocycles. The fourth-order valence-corrected chi connectivity index (χ4v) is 4.19. The van der Waals surface area contributed by atoms with Gasteiger partial charge in [0.1, 0.15) is 9.84 Å². The highest BCUT2D eigenvalue weighted by Crippen LogP contribution is 2.27. The van der Waals surface area contributed by atoms with E-state index in [1.165, 1.54) is 19.1 Å². The Balaban J connectivity index is 1.80. The SMILES string of the molecule is CCNC(=NCCCS(C)(=O)=O)NC1CCN(C(=O)C2CCCC2)C1. The molecule has 2 N–H and O–H groups in total. The van der Waals surface area contributed by atoms with Crippen molar-refractivity contribution in [3.63, 3.8) is 0 Å². The van der Waals surface area contributed by atoms with Gasteiger partial charge in [-0.1, -0.05) is 12.8 Å². The number of carbonyl (C=O) groups is 1. The van der Waals surface area contributed by atoms with Crippen molar-refractivity contribution >= 4 is 21.7 Å². The number of nitrogens with one attached hydrogen (secondary N) is 2. The van der Waals surface area contributed by atoms with Gasteiger partial charge in [-0.3, -0.25) is 9.79 Å². The molecule has 25 heavy (non-hydrogen) atoms. The zero-order valence-electron chi connectivity index (χ0n) is 15.5. The van der Waals surface area contributed by atoms with Gasteiger partial charge < -0.3 is 15.5 Å². The molecule has 0 spiro atoms. The van der Waals surface area contributed by atoms with Crippen LogP contribution in [0.3, 0.4) is 0 Å². The molecule has 1 heterocycles. The van der Waals surface area contributed by atoms with E-state index in [1.807, 2.05) is 11.8 Å². The lowest BCUT2D eigenvalue weighted by Gasteiger charge is -2.21. The van der Waals surface area contributed by atoms with Crippen LogP contribution < -0.4 is 10.6 Å². The molecule has 0 aromatic rings. The van der Waals surface area contributed by atoms with E-state index >= 15 is 0 Å². The van der Waals surface area contributed by atoms with E-state index in [2.05, 4.69) is 15.6 Å². The highest BCUT2D eigenvalue weighted by atomic mass is 32.2. The summed E-state index contributed by atoms with van der Waals surface area (Å²) in [6, 6.07) is 0.207. The van der Waals surface area contributed by atoms with Gasteiger partial charge in [-0.15, -0.1) is 0 Å². The maximum atomic E-state index is 12.5. The molecule has 144 valence electrons. The third-order valence-electron chi connectivity index (χ3n) is 4.83. The van der Waals surface area contributed by atoms with Crippen LogP contribution >= 0.6 is 0 Å². The van der Waals surface area contributed by atoms with Crippen molar-refractivity contribution in [3.8, 4) is 0 Å². The van der Waals surface area contributed by atoms with Crippen molar-refractivity contribution in [1.29, 1.82) is 0 Å². The first-order valence-electron chi connectivity index (χ1n) is 9.40. The third kappa shape index (κ3) is 6.84. The lowest BCUT2D eigenvalue weighted by Crippen LogP contribution is -2.45. The van der Waals surface area contributed by atoms with Crippen LogP contribution in [0.1, 0.15) is 45.4 Å². The second-order valence-electron chi connectivity index (χ2n) is 7.14. The van der Waals surface area contributed by atoms with Crippen molar-refractivity contribution in [2.45, 2.75) is 51.5 Å².